The summed E-state index contributed by atoms with van der Waals surface area (Å²) < 4.78 is 13.5. The van der Waals surface area contributed by atoms with Crippen LogP contribution in [0, 0.1) is 0 Å². The SMILES string of the molecule is CC(=O)c1ccccc1.O=S1C=CC=N1. The molecule has 0 amide bonds. The number of rotatable bonds is 1. The molecule has 4 heteroatoms. The van der Waals surface area contributed by atoms with Crippen molar-refractivity contribution >= 4 is 23.0 Å². The van der Waals surface area contributed by atoms with E-state index in [0.717, 1.165) is 5.56 Å². The Morgan fingerprint density at radius 3 is 2.20 bits per heavy atom. The van der Waals surface area contributed by atoms with E-state index in [1.165, 1.54) is 11.6 Å². The lowest BCUT2D eigenvalue weighted by molar-refractivity contribution is 0.101. The Hall–Kier alpha value is -1.55. The second kappa shape index (κ2) is 6.03. The summed E-state index contributed by atoms with van der Waals surface area (Å²) in [7, 11) is -1.03. The zero-order chi connectivity index (χ0) is 11.1. The van der Waals surface area contributed by atoms with E-state index in [2.05, 4.69) is 4.40 Å². The van der Waals surface area contributed by atoms with Crippen LogP contribution in [-0.4, -0.2) is 16.2 Å². The van der Waals surface area contributed by atoms with Crippen molar-refractivity contribution in [2.45, 2.75) is 6.92 Å². The van der Waals surface area contributed by atoms with E-state index < -0.39 is 11.0 Å². The van der Waals surface area contributed by atoms with Gasteiger partial charge in [-0.1, -0.05) is 30.3 Å². The summed E-state index contributed by atoms with van der Waals surface area (Å²) >= 11 is 0. The zero-order valence-electron chi connectivity index (χ0n) is 8.29. The summed E-state index contributed by atoms with van der Waals surface area (Å²) in [6.45, 7) is 1.56. The predicted octanol–water partition coefficient (Wildman–Crippen LogP) is 2.14. The highest BCUT2D eigenvalue weighted by molar-refractivity contribution is 7.87. The number of hydrogen-bond donors (Lipinski definition) is 0. The molecule has 0 saturated heterocycles. The summed E-state index contributed by atoms with van der Waals surface area (Å²) in [6, 6.07) is 9.23. The van der Waals surface area contributed by atoms with Crippen LogP contribution in [0.4, 0.5) is 0 Å². The van der Waals surface area contributed by atoms with Crippen molar-refractivity contribution in [3.63, 3.8) is 0 Å². The summed E-state index contributed by atoms with van der Waals surface area (Å²) in [6.07, 6.45) is 3.19. The summed E-state index contributed by atoms with van der Waals surface area (Å²) in [5, 5.41) is 1.53. The van der Waals surface area contributed by atoms with Crippen LogP contribution >= 0.6 is 0 Å². The third-order valence-corrected chi connectivity index (χ3v) is 2.35. The van der Waals surface area contributed by atoms with Crippen molar-refractivity contribution in [2.24, 2.45) is 4.40 Å². The van der Waals surface area contributed by atoms with Gasteiger partial charge in [0, 0.05) is 17.2 Å². The number of hydrogen-bond acceptors (Lipinski definition) is 2. The van der Waals surface area contributed by atoms with Gasteiger partial charge in [-0.2, -0.15) is 4.40 Å². The Labute approximate surface area is 91.1 Å². The zero-order valence-corrected chi connectivity index (χ0v) is 9.11. The van der Waals surface area contributed by atoms with E-state index in [1.807, 2.05) is 30.3 Å². The second-order valence-electron chi connectivity index (χ2n) is 2.78. The molecule has 0 aromatic heterocycles. The van der Waals surface area contributed by atoms with Crippen LogP contribution < -0.4 is 0 Å². The highest BCUT2D eigenvalue weighted by atomic mass is 32.2. The van der Waals surface area contributed by atoms with Gasteiger partial charge in [0.05, 0.1) is 0 Å². The third-order valence-electron chi connectivity index (χ3n) is 1.63. The average molecular weight is 221 g/mol. The number of allylic oxidation sites excluding steroid dienone is 1. The average Bonchev–Trinajstić information content (AvgIpc) is 2.71. The topological polar surface area (TPSA) is 46.5 Å². The molecule has 1 unspecified atom stereocenters. The van der Waals surface area contributed by atoms with Crippen LogP contribution in [0.25, 0.3) is 0 Å². The molecule has 0 bridgehead atoms. The van der Waals surface area contributed by atoms with Gasteiger partial charge in [-0.25, -0.2) is 4.21 Å². The molecule has 0 N–H and O–H groups in total. The van der Waals surface area contributed by atoms with E-state index >= 15 is 0 Å². The van der Waals surface area contributed by atoms with Crippen molar-refractivity contribution in [1.82, 2.24) is 0 Å². The lowest BCUT2D eigenvalue weighted by atomic mass is 10.2. The fourth-order valence-corrected chi connectivity index (χ4v) is 1.37. The molecule has 3 nitrogen and oxygen atoms in total. The van der Waals surface area contributed by atoms with Gasteiger partial charge in [0.1, 0.15) is 0 Å². The smallest absolute Gasteiger partial charge is 0.165 e. The minimum atomic E-state index is -1.03. The second-order valence-corrected chi connectivity index (χ2v) is 3.82. The molecule has 1 heterocycles. The Bertz CT molecular complexity index is 396. The summed E-state index contributed by atoms with van der Waals surface area (Å²) in [5.74, 6) is 0.121. The Balaban J connectivity index is 0.000000162. The molecular weight excluding hydrogens is 210 g/mol. The first kappa shape index (κ1) is 11.5. The number of nitrogens with zero attached hydrogens (tertiary/aromatic N) is 1. The maximum Gasteiger partial charge on any atom is 0.165 e. The van der Waals surface area contributed by atoms with E-state index in [9.17, 15) is 9.00 Å². The standard InChI is InChI=1S/C8H8O.C3H3NOS/c1-7(9)8-5-3-2-4-6-8;5-6-3-1-2-4-6/h2-6H,1H3;1-3H. The maximum atomic E-state index is 10.6. The molecule has 0 fully saturated rings. The molecule has 15 heavy (non-hydrogen) atoms. The number of Topliss-reactive ketones (excluding diaryl/α,β-unsaturated/α-hetero) is 1. The highest BCUT2D eigenvalue weighted by Crippen LogP contribution is 1.97. The first-order chi connectivity index (χ1) is 7.20. The van der Waals surface area contributed by atoms with E-state index in [0.29, 0.717) is 0 Å². The van der Waals surface area contributed by atoms with Crippen LogP contribution in [0.1, 0.15) is 17.3 Å². The van der Waals surface area contributed by atoms with Crippen molar-refractivity contribution < 1.29 is 9.00 Å². The molecule has 1 aliphatic rings. The fourth-order valence-electron chi connectivity index (χ4n) is 0.905. The summed E-state index contributed by atoms with van der Waals surface area (Å²) in [4.78, 5) is 10.6. The van der Waals surface area contributed by atoms with Crippen LogP contribution in [0.3, 0.4) is 0 Å². The lowest BCUT2D eigenvalue weighted by Gasteiger charge is -1.89. The number of ketones is 1. The van der Waals surface area contributed by atoms with Crippen molar-refractivity contribution in [3.05, 3.63) is 47.4 Å². The molecule has 1 atom stereocenters. The van der Waals surface area contributed by atoms with Crippen LogP contribution in [0.5, 0.6) is 0 Å². The van der Waals surface area contributed by atoms with Gasteiger partial charge in [-0.15, -0.1) is 0 Å². The van der Waals surface area contributed by atoms with Crippen molar-refractivity contribution in [1.29, 1.82) is 0 Å². The van der Waals surface area contributed by atoms with Crippen LogP contribution in [0.15, 0.2) is 46.2 Å². The Kier molecular flexibility index (Phi) is 4.63. The number of benzene rings is 1. The maximum absolute atomic E-state index is 10.6. The van der Waals surface area contributed by atoms with Gasteiger partial charge < -0.3 is 0 Å². The third kappa shape index (κ3) is 4.46. The lowest BCUT2D eigenvalue weighted by Crippen LogP contribution is -1.88. The van der Waals surface area contributed by atoms with Gasteiger partial charge in [0.15, 0.2) is 16.8 Å². The Morgan fingerprint density at radius 1 is 1.27 bits per heavy atom. The van der Waals surface area contributed by atoms with Crippen molar-refractivity contribution in [2.75, 3.05) is 0 Å². The Morgan fingerprint density at radius 2 is 1.93 bits per heavy atom. The van der Waals surface area contributed by atoms with E-state index in [1.54, 1.807) is 13.0 Å². The quantitative estimate of drug-likeness (QED) is 0.682. The largest absolute Gasteiger partial charge is 0.295 e. The highest BCUT2D eigenvalue weighted by Gasteiger charge is 1.92. The molecule has 2 rings (SSSR count). The van der Waals surface area contributed by atoms with E-state index in [-0.39, 0.29) is 5.78 Å². The number of carbonyl (C=O) groups excluding carboxylic acids is 1. The van der Waals surface area contributed by atoms with Gasteiger partial charge >= 0.3 is 0 Å². The van der Waals surface area contributed by atoms with Gasteiger partial charge in [0.2, 0.25) is 0 Å². The normalized spacial score (nSPS) is 17.0. The van der Waals surface area contributed by atoms with Gasteiger partial charge in [-0.3, -0.25) is 4.79 Å². The molecule has 1 aromatic carbocycles. The molecule has 0 radical (unpaired) electrons. The molecule has 0 saturated carbocycles. The van der Waals surface area contributed by atoms with Crippen molar-refractivity contribution in [3.8, 4) is 0 Å². The van der Waals surface area contributed by atoms with Crippen LogP contribution in [-0.2, 0) is 11.0 Å². The fraction of sp³-hybridized carbons (Fsp3) is 0.0909. The summed E-state index contributed by atoms with van der Waals surface area (Å²) in [5.41, 5.74) is 0.775. The monoisotopic (exact) mass is 221 g/mol. The molecular formula is C11H11NO2S. The first-order valence-corrected chi connectivity index (χ1v) is 5.54. The predicted molar refractivity (Wildman–Crippen MR) is 62.2 cm³/mol. The van der Waals surface area contributed by atoms with Crippen LogP contribution in [0.2, 0.25) is 0 Å². The molecule has 1 aliphatic heterocycles. The van der Waals surface area contributed by atoms with Gasteiger partial charge in [-0.05, 0) is 13.0 Å². The minimum Gasteiger partial charge on any atom is -0.295 e. The first-order valence-electron chi connectivity index (χ1n) is 4.37. The number of carbonyl (C=O) groups is 1. The van der Waals surface area contributed by atoms with E-state index in [4.69, 9.17) is 0 Å². The molecule has 0 aliphatic carbocycles. The molecule has 78 valence electrons. The van der Waals surface area contributed by atoms with Gasteiger partial charge in [0.25, 0.3) is 0 Å². The minimum absolute atomic E-state index is 0.121. The molecule has 1 aromatic rings. The molecule has 0 spiro atoms.